The van der Waals surface area contributed by atoms with Gasteiger partial charge in [0.05, 0.1) is 26.7 Å². The van der Waals surface area contributed by atoms with Crippen LogP contribution in [0.15, 0.2) is 25.7 Å². The third-order valence-electron chi connectivity index (χ3n) is 0.692. The van der Waals surface area contributed by atoms with Gasteiger partial charge in [0.1, 0.15) is 0 Å². The molecule has 0 saturated heterocycles. The first-order valence-corrected chi connectivity index (χ1v) is 3.33. The molecule has 0 bridgehead atoms. The third-order valence-corrected chi connectivity index (χ3v) is 0.692. The number of rotatable bonds is 2. The summed E-state index contributed by atoms with van der Waals surface area (Å²) < 4.78 is 16.3. The largest absolute Gasteiger partial charge is 0.518 e. The standard InChI is InChI=1S/C5H6O3.C3H6O3/c1-3-7-5(6)8-4-2;1-5-3(4)6-2/h3-4H,1-2H2;1-2H3. The number of methoxy groups -OCH3 is 2. The van der Waals surface area contributed by atoms with Crippen molar-refractivity contribution in [3.05, 3.63) is 25.7 Å². The van der Waals surface area contributed by atoms with Crippen LogP contribution in [0.2, 0.25) is 0 Å². The highest BCUT2D eigenvalue weighted by molar-refractivity contribution is 5.61. The van der Waals surface area contributed by atoms with E-state index in [9.17, 15) is 9.59 Å². The van der Waals surface area contributed by atoms with E-state index in [1.807, 2.05) is 0 Å². The highest BCUT2D eigenvalue weighted by Crippen LogP contribution is 1.83. The van der Waals surface area contributed by atoms with E-state index in [4.69, 9.17) is 0 Å². The molecule has 0 aliphatic heterocycles. The minimum Gasteiger partial charge on any atom is -0.438 e. The topological polar surface area (TPSA) is 71.1 Å². The molecule has 0 aliphatic rings. The second-order valence-electron chi connectivity index (χ2n) is 1.48. The summed E-state index contributed by atoms with van der Waals surface area (Å²) in [6.07, 6.45) is 0.475. The van der Waals surface area contributed by atoms with Gasteiger partial charge in [-0.3, -0.25) is 0 Å². The Morgan fingerprint density at radius 1 is 0.929 bits per heavy atom. The molecule has 0 fully saturated rings. The Morgan fingerprint density at radius 3 is 1.43 bits per heavy atom. The summed E-state index contributed by atoms with van der Waals surface area (Å²) in [5, 5.41) is 0. The molecule has 0 rings (SSSR count). The fourth-order valence-electron chi connectivity index (χ4n) is 0.247. The quantitative estimate of drug-likeness (QED) is 0.504. The Kier molecular flexibility index (Phi) is 11.4. The highest BCUT2D eigenvalue weighted by atomic mass is 16.7. The van der Waals surface area contributed by atoms with Crippen LogP contribution in [0.3, 0.4) is 0 Å². The summed E-state index contributed by atoms with van der Waals surface area (Å²) >= 11 is 0. The zero-order chi connectivity index (χ0) is 11.4. The zero-order valence-corrected chi connectivity index (χ0v) is 8.02. The van der Waals surface area contributed by atoms with Crippen molar-refractivity contribution >= 4 is 12.3 Å². The Morgan fingerprint density at radius 2 is 1.29 bits per heavy atom. The van der Waals surface area contributed by atoms with Crippen LogP contribution in [-0.4, -0.2) is 26.5 Å². The van der Waals surface area contributed by atoms with Gasteiger partial charge in [-0.1, -0.05) is 13.2 Å². The molecule has 0 spiro atoms. The molecule has 0 aromatic carbocycles. The summed E-state index contributed by atoms with van der Waals surface area (Å²) in [4.78, 5) is 19.8. The summed E-state index contributed by atoms with van der Waals surface area (Å²) in [7, 11) is 2.51. The average Bonchev–Trinajstić information content (AvgIpc) is 2.18. The van der Waals surface area contributed by atoms with Gasteiger partial charge in [-0.2, -0.15) is 0 Å². The van der Waals surface area contributed by atoms with Crippen LogP contribution in [0, 0.1) is 0 Å². The van der Waals surface area contributed by atoms with Gasteiger partial charge in [-0.25, -0.2) is 9.59 Å². The smallest absolute Gasteiger partial charge is 0.438 e. The molecule has 0 aromatic heterocycles. The lowest BCUT2D eigenvalue weighted by molar-refractivity contribution is 0.0924. The lowest BCUT2D eigenvalue weighted by Crippen LogP contribution is -1.97. The molecule has 0 N–H and O–H groups in total. The van der Waals surface area contributed by atoms with Gasteiger partial charge in [0.25, 0.3) is 0 Å². The predicted molar refractivity (Wildman–Crippen MR) is 47.4 cm³/mol. The van der Waals surface area contributed by atoms with Crippen molar-refractivity contribution in [2.24, 2.45) is 0 Å². The summed E-state index contributed by atoms with van der Waals surface area (Å²) in [5.41, 5.74) is 0. The second-order valence-corrected chi connectivity index (χ2v) is 1.48. The average molecular weight is 204 g/mol. The number of carbonyl (C=O) groups excluding carboxylic acids is 2. The van der Waals surface area contributed by atoms with E-state index in [0.29, 0.717) is 0 Å². The molecule has 0 heterocycles. The summed E-state index contributed by atoms with van der Waals surface area (Å²) in [6, 6.07) is 0. The maximum absolute atomic E-state index is 10.1. The van der Waals surface area contributed by atoms with E-state index in [-0.39, 0.29) is 0 Å². The highest BCUT2D eigenvalue weighted by Gasteiger charge is 1.93. The molecule has 0 saturated carbocycles. The maximum atomic E-state index is 10.1. The van der Waals surface area contributed by atoms with Crippen molar-refractivity contribution < 1.29 is 28.5 Å². The van der Waals surface area contributed by atoms with E-state index in [1.165, 1.54) is 14.2 Å². The van der Waals surface area contributed by atoms with Gasteiger partial charge in [0.15, 0.2) is 0 Å². The van der Waals surface area contributed by atoms with Gasteiger partial charge in [0, 0.05) is 0 Å². The van der Waals surface area contributed by atoms with E-state index in [0.717, 1.165) is 12.5 Å². The molecular weight excluding hydrogens is 192 g/mol. The molecule has 0 amide bonds. The monoisotopic (exact) mass is 204 g/mol. The van der Waals surface area contributed by atoms with E-state index < -0.39 is 12.3 Å². The van der Waals surface area contributed by atoms with E-state index in [1.54, 1.807) is 0 Å². The Labute approximate surface area is 81.7 Å². The molecule has 0 unspecified atom stereocenters. The number of hydrogen-bond acceptors (Lipinski definition) is 6. The fourth-order valence-corrected chi connectivity index (χ4v) is 0.247. The molecule has 6 heteroatoms. The number of carbonyl (C=O) groups is 2. The van der Waals surface area contributed by atoms with Crippen LogP contribution < -0.4 is 0 Å². The fraction of sp³-hybridized carbons (Fsp3) is 0.250. The summed E-state index contributed by atoms with van der Waals surface area (Å²) in [5.74, 6) is 0. The Balaban J connectivity index is 0. The second kappa shape index (κ2) is 11.0. The molecule has 0 aliphatic carbocycles. The van der Waals surface area contributed by atoms with Gasteiger partial charge in [-0.05, 0) is 0 Å². The lowest BCUT2D eigenvalue weighted by Gasteiger charge is -1.91. The molecule has 14 heavy (non-hydrogen) atoms. The van der Waals surface area contributed by atoms with Crippen LogP contribution in [0.1, 0.15) is 0 Å². The lowest BCUT2D eigenvalue weighted by atomic mass is 11.1. The van der Waals surface area contributed by atoms with Gasteiger partial charge < -0.3 is 18.9 Å². The predicted octanol–water partition coefficient (Wildman–Crippen LogP) is 1.83. The van der Waals surface area contributed by atoms with Crippen molar-refractivity contribution in [1.82, 2.24) is 0 Å². The normalized spacial score (nSPS) is 7.00. The van der Waals surface area contributed by atoms with Crippen LogP contribution >= 0.6 is 0 Å². The van der Waals surface area contributed by atoms with E-state index >= 15 is 0 Å². The molecule has 80 valence electrons. The number of hydrogen-bond donors (Lipinski definition) is 0. The first kappa shape index (κ1) is 14.5. The molecule has 6 nitrogen and oxygen atoms in total. The molecular formula is C8H12O6. The van der Waals surface area contributed by atoms with Crippen LogP contribution in [0.4, 0.5) is 9.59 Å². The summed E-state index contributed by atoms with van der Waals surface area (Å²) in [6.45, 7) is 6.25. The van der Waals surface area contributed by atoms with Gasteiger partial charge in [-0.15, -0.1) is 0 Å². The third kappa shape index (κ3) is 12.7. The zero-order valence-electron chi connectivity index (χ0n) is 8.02. The minimum atomic E-state index is -0.824. The van der Waals surface area contributed by atoms with Crippen molar-refractivity contribution in [2.75, 3.05) is 14.2 Å². The van der Waals surface area contributed by atoms with Crippen molar-refractivity contribution in [2.45, 2.75) is 0 Å². The van der Waals surface area contributed by atoms with Crippen molar-refractivity contribution in [1.29, 1.82) is 0 Å². The first-order valence-electron chi connectivity index (χ1n) is 3.33. The van der Waals surface area contributed by atoms with Crippen LogP contribution in [0.5, 0.6) is 0 Å². The van der Waals surface area contributed by atoms with Gasteiger partial charge in [0.2, 0.25) is 0 Å². The maximum Gasteiger partial charge on any atom is 0.518 e. The van der Waals surface area contributed by atoms with Gasteiger partial charge >= 0.3 is 12.3 Å². The van der Waals surface area contributed by atoms with Crippen molar-refractivity contribution in [3.8, 4) is 0 Å². The van der Waals surface area contributed by atoms with Crippen LogP contribution in [-0.2, 0) is 18.9 Å². The molecule has 0 aromatic rings. The Hall–Kier alpha value is -1.98. The SMILES string of the molecule is C=COC(=O)OC=C.COC(=O)OC. The minimum absolute atomic E-state index is 0.657. The molecule has 0 radical (unpaired) electrons. The Bertz CT molecular complexity index is 180. The van der Waals surface area contributed by atoms with Crippen molar-refractivity contribution in [3.63, 3.8) is 0 Å². The van der Waals surface area contributed by atoms with E-state index in [2.05, 4.69) is 32.1 Å². The number of ether oxygens (including phenoxy) is 4. The first-order chi connectivity index (χ1) is 6.62. The van der Waals surface area contributed by atoms with Crippen LogP contribution in [0.25, 0.3) is 0 Å². The molecule has 0 atom stereocenters.